The normalized spacial score (nSPS) is 21.1. The average molecular weight is 239 g/mol. The van der Waals surface area contributed by atoms with Gasteiger partial charge in [-0.15, -0.1) is 0 Å². The van der Waals surface area contributed by atoms with E-state index in [0.29, 0.717) is 0 Å². The monoisotopic (exact) mass is 239 g/mol. The van der Waals surface area contributed by atoms with E-state index < -0.39 is 18.0 Å². The molecule has 1 aromatic rings. The summed E-state index contributed by atoms with van der Waals surface area (Å²) in [6.07, 6.45) is 5.61. The van der Waals surface area contributed by atoms with Crippen LogP contribution in [0.15, 0.2) is 18.5 Å². The van der Waals surface area contributed by atoms with Gasteiger partial charge in [-0.2, -0.15) is 0 Å². The fraction of sp³-hybridized carbons (Fsp3) is 0.615. The van der Waals surface area contributed by atoms with E-state index in [9.17, 15) is 14.6 Å². The number of pyridine rings is 1. The second-order valence-corrected chi connectivity index (χ2v) is 4.73. The maximum Gasteiger partial charge on any atom is 0.147 e. The molecule has 3 nitrogen and oxygen atoms in total. The summed E-state index contributed by atoms with van der Waals surface area (Å²) in [6.45, 7) is 0. The van der Waals surface area contributed by atoms with Gasteiger partial charge in [0.25, 0.3) is 0 Å². The van der Waals surface area contributed by atoms with Gasteiger partial charge >= 0.3 is 0 Å². The summed E-state index contributed by atoms with van der Waals surface area (Å²) < 4.78 is 13.4. The number of hydrogen-bond donors (Lipinski definition) is 2. The zero-order chi connectivity index (χ0) is 12.3. The topological polar surface area (TPSA) is 53.4 Å². The highest BCUT2D eigenvalue weighted by molar-refractivity contribution is 5.17. The second-order valence-electron chi connectivity index (χ2n) is 4.73. The maximum absolute atomic E-state index is 13.4. The number of rotatable bonds is 3. The molecule has 0 bridgehead atoms. The van der Waals surface area contributed by atoms with Crippen LogP contribution < -0.4 is 0 Å². The zero-order valence-electron chi connectivity index (χ0n) is 9.72. The Labute approximate surface area is 100 Å². The molecule has 0 aliphatic heterocycles. The van der Waals surface area contributed by atoms with Crippen molar-refractivity contribution >= 4 is 0 Å². The maximum atomic E-state index is 13.4. The van der Waals surface area contributed by atoms with Crippen LogP contribution in [0.25, 0.3) is 0 Å². The second kappa shape index (κ2) is 5.56. The number of aliphatic hydroxyl groups is 2. The minimum atomic E-state index is -1.15. The highest BCUT2D eigenvalue weighted by Gasteiger charge is 2.29. The van der Waals surface area contributed by atoms with Crippen LogP contribution in [0.3, 0.4) is 0 Å². The molecule has 0 saturated heterocycles. The van der Waals surface area contributed by atoms with Crippen molar-refractivity contribution in [3.8, 4) is 0 Å². The van der Waals surface area contributed by atoms with E-state index in [-0.39, 0.29) is 11.5 Å². The molecule has 1 aliphatic carbocycles. The molecule has 1 heterocycles. The van der Waals surface area contributed by atoms with Crippen LogP contribution in [0.4, 0.5) is 4.39 Å². The molecule has 0 spiro atoms. The van der Waals surface area contributed by atoms with Crippen molar-refractivity contribution in [2.75, 3.05) is 0 Å². The van der Waals surface area contributed by atoms with Crippen LogP contribution in [0, 0.1) is 11.7 Å². The van der Waals surface area contributed by atoms with Gasteiger partial charge < -0.3 is 10.2 Å². The van der Waals surface area contributed by atoms with E-state index in [1.54, 1.807) is 0 Å². The summed E-state index contributed by atoms with van der Waals surface area (Å²) in [5, 5.41) is 20.1. The highest BCUT2D eigenvalue weighted by atomic mass is 19.1. The lowest BCUT2D eigenvalue weighted by Gasteiger charge is -2.29. The first-order chi connectivity index (χ1) is 8.20. The molecular weight excluding hydrogens is 221 g/mol. The van der Waals surface area contributed by atoms with Crippen molar-refractivity contribution in [2.24, 2.45) is 5.92 Å². The average Bonchev–Trinajstić information content (AvgIpc) is 2.39. The smallest absolute Gasteiger partial charge is 0.147 e. The minimum Gasteiger partial charge on any atom is -0.390 e. The lowest BCUT2D eigenvalue weighted by atomic mass is 9.82. The minimum absolute atomic E-state index is 0.0753. The molecule has 4 heteroatoms. The Morgan fingerprint density at radius 1 is 1.24 bits per heavy atom. The van der Waals surface area contributed by atoms with Gasteiger partial charge in [0.1, 0.15) is 11.9 Å². The van der Waals surface area contributed by atoms with Crippen molar-refractivity contribution in [1.82, 2.24) is 4.98 Å². The number of halogens is 1. The van der Waals surface area contributed by atoms with Gasteiger partial charge in [-0.25, -0.2) is 4.39 Å². The third-order valence-corrected chi connectivity index (χ3v) is 3.58. The molecule has 17 heavy (non-hydrogen) atoms. The number of aliphatic hydroxyl groups excluding tert-OH is 2. The van der Waals surface area contributed by atoms with Crippen molar-refractivity contribution in [2.45, 2.75) is 44.3 Å². The van der Waals surface area contributed by atoms with Gasteiger partial charge in [0.05, 0.1) is 12.3 Å². The van der Waals surface area contributed by atoms with E-state index in [4.69, 9.17) is 0 Å². The van der Waals surface area contributed by atoms with Gasteiger partial charge in [-0.3, -0.25) is 4.98 Å². The van der Waals surface area contributed by atoms with Gasteiger partial charge in [0.2, 0.25) is 0 Å². The Hall–Kier alpha value is -1.00. The third kappa shape index (κ3) is 2.82. The van der Waals surface area contributed by atoms with Gasteiger partial charge in [-0.1, -0.05) is 19.3 Å². The SMILES string of the molecule is OC(c1ccncc1F)C(O)C1CCCCC1. The van der Waals surface area contributed by atoms with E-state index in [1.165, 1.54) is 18.7 Å². The lowest BCUT2D eigenvalue weighted by Crippen LogP contribution is -2.29. The zero-order valence-corrected chi connectivity index (χ0v) is 9.72. The number of aromatic nitrogens is 1. The first-order valence-corrected chi connectivity index (χ1v) is 6.15. The van der Waals surface area contributed by atoms with E-state index in [1.807, 2.05) is 0 Å². The molecule has 1 aromatic heterocycles. The van der Waals surface area contributed by atoms with E-state index in [2.05, 4.69) is 4.98 Å². The standard InChI is InChI=1S/C13H18FNO2/c14-11-8-15-7-6-10(11)13(17)12(16)9-4-2-1-3-5-9/h6-9,12-13,16-17H,1-5H2. The molecule has 0 aromatic carbocycles. The van der Waals surface area contributed by atoms with Crippen LogP contribution in [0.1, 0.15) is 43.8 Å². The summed E-state index contributed by atoms with van der Waals surface area (Å²) in [5.41, 5.74) is 0.137. The van der Waals surface area contributed by atoms with Crippen molar-refractivity contribution in [3.05, 3.63) is 29.8 Å². The van der Waals surface area contributed by atoms with Gasteiger partial charge in [0, 0.05) is 11.8 Å². The van der Waals surface area contributed by atoms with Crippen molar-refractivity contribution < 1.29 is 14.6 Å². The molecular formula is C13H18FNO2. The molecule has 1 aliphatic rings. The Balaban J connectivity index is 2.08. The summed E-state index contributed by atoms with van der Waals surface area (Å²) in [7, 11) is 0. The highest BCUT2D eigenvalue weighted by Crippen LogP contribution is 2.32. The summed E-state index contributed by atoms with van der Waals surface area (Å²) in [6, 6.07) is 1.42. The van der Waals surface area contributed by atoms with Crippen LogP contribution in [0.5, 0.6) is 0 Å². The van der Waals surface area contributed by atoms with Gasteiger partial charge in [0.15, 0.2) is 0 Å². The largest absolute Gasteiger partial charge is 0.390 e. The Morgan fingerprint density at radius 2 is 1.94 bits per heavy atom. The van der Waals surface area contributed by atoms with Crippen LogP contribution >= 0.6 is 0 Å². The number of nitrogens with zero attached hydrogens (tertiary/aromatic N) is 1. The lowest BCUT2D eigenvalue weighted by molar-refractivity contribution is -0.0301. The van der Waals surface area contributed by atoms with Crippen molar-refractivity contribution in [3.63, 3.8) is 0 Å². The molecule has 0 radical (unpaired) electrons. The van der Waals surface area contributed by atoms with E-state index >= 15 is 0 Å². The Kier molecular flexibility index (Phi) is 4.07. The first-order valence-electron chi connectivity index (χ1n) is 6.15. The Bertz CT molecular complexity index is 366. The van der Waals surface area contributed by atoms with Crippen LogP contribution in [-0.4, -0.2) is 21.3 Å². The molecule has 2 rings (SSSR count). The molecule has 2 unspecified atom stereocenters. The predicted octanol–water partition coefficient (Wildman–Crippen LogP) is 2.20. The number of hydrogen-bond acceptors (Lipinski definition) is 3. The van der Waals surface area contributed by atoms with Crippen LogP contribution in [0.2, 0.25) is 0 Å². The summed E-state index contributed by atoms with van der Waals surface area (Å²) >= 11 is 0. The first kappa shape index (κ1) is 12.5. The van der Waals surface area contributed by atoms with E-state index in [0.717, 1.165) is 31.9 Å². The molecule has 1 saturated carbocycles. The molecule has 2 atom stereocenters. The molecule has 0 amide bonds. The summed E-state index contributed by atoms with van der Waals surface area (Å²) in [4.78, 5) is 3.63. The fourth-order valence-electron chi connectivity index (χ4n) is 2.54. The quantitative estimate of drug-likeness (QED) is 0.850. The van der Waals surface area contributed by atoms with Crippen molar-refractivity contribution in [1.29, 1.82) is 0 Å². The van der Waals surface area contributed by atoms with Crippen LogP contribution in [-0.2, 0) is 0 Å². The van der Waals surface area contributed by atoms with Gasteiger partial charge in [-0.05, 0) is 24.8 Å². The fourth-order valence-corrected chi connectivity index (χ4v) is 2.54. The molecule has 94 valence electrons. The molecule has 2 N–H and O–H groups in total. The predicted molar refractivity (Wildman–Crippen MR) is 61.7 cm³/mol. The summed E-state index contributed by atoms with van der Waals surface area (Å²) in [5.74, 6) is -0.485. The third-order valence-electron chi connectivity index (χ3n) is 3.58. The molecule has 1 fully saturated rings. The Morgan fingerprint density at radius 3 is 2.59 bits per heavy atom.